The summed E-state index contributed by atoms with van der Waals surface area (Å²) in [5.74, 6) is 1.75. The van der Waals surface area contributed by atoms with Crippen LogP contribution in [-0.2, 0) is 0 Å². The van der Waals surface area contributed by atoms with Crippen LogP contribution in [0, 0.1) is 6.92 Å². The van der Waals surface area contributed by atoms with Crippen LogP contribution in [0.4, 0.5) is 5.82 Å². The van der Waals surface area contributed by atoms with Gasteiger partial charge in [0.15, 0.2) is 0 Å². The fourth-order valence-corrected chi connectivity index (χ4v) is 2.16. The van der Waals surface area contributed by atoms with Crippen LogP contribution in [0.2, 0.25) is 0 Å². The van der Waals surface area contributed by atoms with Gasteiger partial charge in [0.1, 0.15) is 17.9 Å². The molecule has 0 radical (unpaired) electrons. The summed E-state index contributed by atoms with van der Waals surface area (Å²) in [5.41, 5.74) is 2.97. The highest BCUT2D eigenvalue weighted by Crippen LogP contribution is 2.32. The minimum Gasteiger partial charge on any atom is -0.490 e. The minimum atomic E-state index is 0.131. The Hall–Kier alpha value is -2.10. The van der Waals surface area contributed by atoms with Crippen LogP contribution in [0.25, 0.3) is 11.3 Å². The first-order valence-electron chi connectivity index (χ1n) is 7.45. The van der Waals surface area contributed by atoms with E-state index in [2.05, 4.69) is 22.2 Å². The van der Waals surface area contributed by atoms with Gasteiger partial charge in [0, 0.05) is 17.7 Å². The Morgan fingerprint density at radius 3 is 2.67 bits per heavy atom. The van der Waals surface area contributed by atoms with Crippen molar-refractivity contribution in [2.24, 2.45) is 0 Å². The second-order valence-electron chi connectivity index (χ2n) is 5.29. The Morgan fingerprint density at radius 2 is 1.95 bits per heavy atom. The van der Waals surface area contributed by atoms with Crippen molar-refractivity contribution in [3.8, 4) is 17.0 Å². The molecule has 2 rings (SSSR count). The molecule has 0 amide bonds. The summed E-state index contributed by atoms with van der Waals surface area (Å²) < 4.78 is 5.89. The van der Waals surface area contributed by atoms with E-state index in [0.717, 1.165) is 41.4 Å². The lowest BCUT2D eigenvalue weighted by molar-refractivity contribution is 0.243. The highest BCUT2D eigenvalue weighted by Gasteiger charge is 2.13. The molecular weight excluding hydrogens is 262 g/mol. The number of hydrogen-bond acceptors (Lipinski definition) is 4. The van der Waals surface area contributed by atoms with Crippen molar-refractivity contribution in [3.63, 3.8) is 0 Å². The van der Waals surface area contributed by atoms with Crippen molar-refractivity contribution in [1.82, 2.24) is 9.97 Å². The number of rotatable bonds is 6. The fourth-order valence-electron chi connectivity index (χ4n) is 2.16. The number of anilines is 1. The number of nitrogens with one attached hydrogen (secondary N) is 1. The molecule has 0 aliphatic carbocycles. The van der Waals surface area contributed by atoms with Gasteiger partial charge in [-0.25, -0.2) is 9.97 Å². The average molecular weight is 285 g/mol. The number of ether oxygens (including phenoxy) is 1. The minimum absolute atomic E-state index is 0.131. The summed E-state index contributed by atoms with van der Waals surface area (Å²) in [5, 5.41) is 3.34. The lowest BCUT2D eigenvalue weighted by Gasteiger charge is -2.16. The van der Waals surface area contributed by atoms with Crippen molar-refractivity contribution in [1.29, 1.82) is 0 Å². The van der Waals surface area contributed by atoms with E-state index in [-0.39, 0.29) is 6.10 Å². The molecule has 0 unspecified atom stereocenters. The molecule has 0 saturated carbocycles. The molecule has 1 aromatic heterocycles. The smallest absolute Gasteiger partial charge is 0.132 e. The first kappa shape index (κ1) is 15.3. The van der Waals surface area contributed by atoms with Crippen LogP contribution in [0.3, 0.4) is 0 Å². The number of hydrogen-bond donors (Lipinski definition) is 1. The Kier molecular flexibility index (Phi) is 5.14. The van der Waals surface area contributed by atoms with E-state index in [1.165, 1.54) is 0 Å². The van der Waals surface area contributed by atoms with Gasteiger partial charge >= 0.3 is 0 Å². The lowest BCUT2D eigenvalue weighted by atomic mass is 10.1. The second-order valence-corrected chi connectivity index (χ2v) is 5.29. The standard InChI is InChI=1S/C17H23N3O/c1-5-10-18-17-13(4)16(19-11-20-17)14-8-6-7-9-15(14)21-12(2)3/h6-9,11-12H,5,10H2,1-4H3,(H,18,19,20). The highest BCUT2D eigenvalue weighted by molar-refractivity contribution is 5.73. The number of benzene rings is 1. The summed E-state index contributed by atoms with van der Waals surface area (Å²) in [7, 11) is 0. The van der Waals surface area contributed by atoms with Gasteiger partial charge in [0.25, 0.3) is 0 Å². The molecule has 0 fully saturated rings. The Labute approximate surface area is 126 Å². The molecule has 0 atom stereocenters. The first-order valence-corrected chi connectivity index (χ1v) is 7.45. The highest BCUT2D eigenvalue weighted by atomic mass is 16.5. The maximum atomic E-state index is 5.89. The zero-order chi connectivity index (χ0) is 15.2. The Balaban J connectivity index is 2.42. The van der Waals surface area contributed by atoms with Crippen LogP contribution in [0.15, 0.2) is 30.6 Å². The van der Waals surface area contributed by atoms with Gasteiger partial charge in [-0.1, -0.05) is 19.1 Å². The van der Waals surface area contributed by atoms with Crippen LogP contribution in [-0.4, -0.2) is 22.6 Å². The molecule has 0 bridgehead atoms. The maximum absolute atomic E-state index is 5.89. The molecule has 1 aromatic carbocycles. The van der Waals surface area contributed by atoms with Gasteiger partial charge in [-0.15, -0.1) is 0 Å². The zero-order valence-corrected chi connectivity index (χ0v) is 13.2. The number of para-hydroxylation sites is 1. The summed E-state index contributed by atoms with van der Waals surface area (Å²) >= 11 is 0. The maximum Gasteiger partial charge on any atom is 0.132 e. The predicted molar refractivity (Wildman–Crippen MR) is 86.7 cm³/mol. The van der Waals surface area contributed by atoms with Crippen LogP contribution >= 0.6 is 0 Å². The van der Waals surface area contributed by atoms with Crippen molar-refractivity contribution < 1.29 is 4.74 Å². The summed E-state index contributed by atoms with van der Waals surface area (Å²) in [6, 6.07) is 8.00. The fraction of sp³-hybridized carbons (Fsp3) is 0.412. The molecule has 0 aliphatic rings. The third-order valence-electron chi connectivity index (χ3n) is 3.13. The van der Waals surface area contributed by atoms with E-state index in [0.29, 0.717) is 0 Å². The third-order valence-corrected chi connectivity index (χ3v) is 3.13. The zero-order valence-electron chi connectivity index (χ0n) is 13.2. The van der Waals surface area contributed by atoms with Gasteiger partial charge in [0.05, 0.1) is 11.8 Å². The van der Waals surface area contributed by atoms with Crippen LogP contribution < -0.4 is 10.1 Å². The molecule has 1 heterocycles. The third kappa shape index (κ3) is 3.72. The summed E-state index contributed by atoms with van der Waals surface area (Å²) in [6.45, 7) is 9.13. The largest absolute Gasteiger partial charge is 0.490 e. The van der Waals surface area contributed by atoms with Crippen molar-refractivity contribution in [2.75, 3.05) is 11.9 Å². The average Bonchev–Trinajstić information content (AvgIpc) is 2.46. The molecule has 0 aliphatic heterocycles. The first-order chi connectivity index (χ1) is 10.1. The van der Waals surface area contributed by atoms with Crippen molar-refractivity contribution in [2.45, 2.75) is 40.2 Å². The quantitative estimate of drug-likeness (QED) is 0.869. The van der Waals surface area contributed by atoms with E-state index in [1.807, 2.05) is 45.0 Å². The monoisotopic (exact) mass is 285 g/mol. The summed E-state index contributed by atoms with van der Waals surface area (Å²) in [6.07, 6.45) is 2.80. The summed E-state index contributed by atoms with van der Waals surface area (Å²) in [4.78, 5) is 8.78. The number of aromatic nitrogens is 2. The predicted octanol–water partition coefficient (Wildman–Crippen LogP) is 4.06. The van der Waals surface area contributed by atoms with Gasteiger partial charge in [-0.3, -0.25) is 0 Å². The van der Waals surface area contributed by atoms with Crippen LogP contribution in [0.1, 0.15) is 32.8 Å². The van der Waals surface area contributed by atoms with E-state index >= 15 is 0 Å². The van der Waals surface area contributed by atoms with Gasteiger partial charge in [-0.05, 0) is 39.3 Å². The molecule has 4 heteroatoms. The Morgan fingerprint density at radius 1 is 1.19 bits per heavy atom. The molecule has 4 nitrogen and oxygen atoms in total. The Bertz CT molecular complexity index is 596. The van der Waals surface area contributed by atoms with Crippen molar-refractivity contribution >= 4 is 5.82 Å². The van der Waals surface area contributed by atoms with Crippen LogP contribution in [0.5, 0.6) is 5.75 Å². The van der Waals surface area contributed by atoms with Gasteiger partial charge in [0.2, 0.25) is 0 Å². The van der Waals surface area contributed by atoms with E-state index in [9.17, 15) is 0 Å². The van der Waals surface area contributed by atoms with E-state index in [4.69, 9.17) is 4.74 Å². The molecule has 2 aromatic rings. The van der Waals surface area contributed by atoms with Gasteiger partial charge < -0.3 is 10.1 Å². The normalized spacial score (nSPS) is 10.7. The molecule has 0 saturated heterocycles. The molecule has 21 heavy (non-hydrogen) atoms. The SMILES string of the molecule is CCCNc1ncnc(-c2ccccc2OC(C)C)c1C. The number of nitrogens with zero attached hydrogens (tertiary/aromatic N) is 2. The van der Waals surface area contributed by atoms with E-state index < -0.39 is 0 Å². The van der Waals surface area contributed by atoms with Crippen molar-refractivity contribution in [3.05, 3.63) is 36.2 Å². The topological polar surface area (TPSA) is 47.0 Å². The molecular formula is C17H23N3O. The molecule has 112 valence electrons. The van der Waals surface area contributed by atoms with E-state index in [1.54, 1.807) is 6.33 Å². The molecule has 1 N–H and O–H groups in total. The van der Waals surface area contributed by atoms with Gasteiger partial charge in [-0.2, -0.15) is 0 Å². The molecule has 0 spiro atoms. The second kappa shape index (κ2) is 7.07. The lowest BCUT2D eigenvalue weighted by Crippen LogP contribution is -2.08.